The normalized spacial score (nSPS) is 23.0. The number of piperidine rings is 1. The maximum atomic E-state index is 8.91. The SMILES string of the molecule is CCCC1CC(NCCCO)CN(c2ccccc2)C1. The maximum absolute atomic E-state index is 8.91. The molecular formula is C17H28N2O. The first kappa shape index (κ1) is 15.3. The average Bonchev–Trinajstić information content (AvgIpc) is 2.49. The molecule has 2 atom stereocenters. The molecule has 1 saturated heterocycles. The van der Waals surface area contributed by atoms with E-state index in [2.05, 4.69) is 47.5 Å². The summed E-state index contributed by atoms with van der Waals surface area (Å²) >= 11 is 0. The van der Waals surface area contributed by atoms with E-state index < -0.39 is 0 Å². The topological polar surface area (TPSA) is 35.5 Å². The Labute approximate surface area is 123 Å². The molecular weight excluding hydrogens is 248 g/mol. The summed E-state index contributed by atoms with van der Waals surface area (Å²) in [6.45, 7) is 5.73. The fourth-order valence-corrected chi connectivity index (χ4v) is 3.20. The quantitative estimate of drug-likeness (QED) is 0.752. The molecule has 1 aromatic rings. The van der Waals surface area contributed by atoms with Crippen LogP contribution in [0.1, 0.15) is 32.6 Å². The lowest BCUT2D eigenvalue weighted by molar-refractivity contribution is 0.272. The fourth-order valence-electron chi connectivity index (χ4n) is 3.20. The van der Waals surface area contributed by atoms with Crippen LogP contribution in [0.3, 0.4) is 0 Å². The van der Waals surface area contributed by atoms with E-state index in [4.69, 9.17) is 5.11 Å². The van der Waals surface area contributed by atoms with E-state index in [1.807, 2.05) is 0 Å². The fraction of sp³-hybridized carbons (Fsp3) is 0.647. The highest BCUT2D eigenvalue weighted by Gasteiger charge is 2.26. The number of benzene rings is 1. The minimum Gasteiger partial charge on any atom is -0.396 e. The zero-order chi connectivity index (χ0) is 14.2. The van der Waals surface area contributed by atoms with Gasteiger partial charge in [-0.25, -0.2) is 0 Å². The minimum atomic E-state index is 0.278. The summed E-state index contributed by atoms with van der Waals surface area (Å²) in [6, 6.07) is 11.3. The van der Waals surface area contributed by atoms with Crippen molar-refractivity contribution in [2.75, 3.05) is 31.1 Å². The van der Waals surface area contributed by atoms with Crippen molar-refractivity contribution in [1.29, 1.82) is 0 Å². The van der Waals surface area contributed by atoms with Crippen LogP contribution in [0.15, 0.2) is 30.3 Å². The van der Waals surface area contributed by atoms with Crippen LogP contribution in [-0.2, 0) is 0 Å². The molecule has 112 valence electrons. The standard InChI is InChI=1S/C17H28N2O/c1-2-7-15-12-16(18-10-6-11-20)14-19(13-15)17-8-4-3-5-9-17/h3-5,8-9,15-16,18,20H,2,6-7,10-14H2,1H3. The summed E-state index contributed by atoms with van der Waals surface area (Å²) in [7, 11) is 0. The highest BCUT2D eigenvalue weighted by Crippen LogP contribution is 2.25. The third-order valence-corrected chi connectivity index (χ3v) is 4.12. The molecule has 0 radical (unpaired) electrons. The molecule has 0 aliphatic carbocycles. The predicted octanol–water partition coefficient (Wildman–Crippen LogP) is 2.65. The molecule has 1 aliphatic rings. The van der Waals surface area contributed by atoms with E-state index in [0.717, 1.165) is 25.4 Å². The van der Waals surface area contributed by atoms with E-state index in [0.29, 0.717) is 6.04 Å². The molecule has 0 amide bonds. The van der Waals surface area contributed by atoms with Crippen LogP contribution in [0.4, 0.5) is 5.69 Å². The smallest absolute Gasteiger partial charge is 0.0443 e. The molecule has 3 nitrogen and oxygen atoms in total. The number of aliphatic hydroxyl groups is 1. The lowest BCUT2D eigenvalue weighted by atomic mass is 9.90. The van der Waals surface area contributed by atoms with E-state index >= 15 is 0 Å². The highest BCUT2D eigenvalue weighted by atomic mass is 16.3. The van der Waals surface area contributed by atoms with E-state index in [-0.39, 0.29) is 6.61 Å². The molecule has 0 bridgehead atoms. The molecule has 1 aromatic carbocycles. The summed E-state index contributed by atoms with van der Waals surface area (Å²) in [5.74, 6) is 0.778. The van der Waals surface area contributed by atoms with Gasteiger partial charge in [0.1, 0.15) is 0 Å². The lowest BCUT2D eigenvalue weighted by Gasteiger charge is -2.39. The van der Waals surface area contributed by atoms with Gasteiger partial charge < -0.3 is 15.3 Å². The van der Waals surface area contributed by atoms with Crippen molar-refractivity contribution in [2.45, 2.75) is 38.6 Å². The van der Waals surface area contributed by atoms with Gasteiger partial charge in [-0.1, -0.05) is 31.5 Å². The van der Waals surface area contributed by atoms with E-state index in [1.165, 1.54) is 31.5 Å². The Balaban J connectivity index is 1.97. The number of para-hydroxylation sites is 1. The summed E-state index contributed by atoms with van der Waals surface area (Å²) in [6.07, 6.45) is 4.68. The van der Waals surface area contributed by atoms with Crippen molar-refractivity contribution in [2.24, 2.45) is 5.92 Å². The highest BCUT2D eigenvalue weighted by molar-refractivity contribution is 5.46. The minimum absolute atomic E-state index is 0.278. The largest absolute Gasteiger partial charge is 0.396 e. The van der Waals surface area contributed by atoms with Crippen molar-refractivity contribution in [1.82, 2.24) is 5.32 Å². The number of rotatable bonds is 7. The molecule has 3 heteroatoms. The molecule has 2 N–H and O–H groups in total. The number of nitrogens with one attached hydrogen (secondary N) is 1. The molecule has 2 unspecified atom stereocenters. The monoisotopic (exact) mass is 276 g/mol. The van der Waals surface area contributed by atoms with Crippen molar-refractivity contribution < 1.29 is 5.11 Å². The first-order valence-electron chi connectivity index (χ1n) is 7.97. The van der Waals surface area contributed by atoms with Crippen molar-refractivity contribution in [3.05, 3.63) is 30.3 Å². The Hall–Kier alpha value is -1.06. The van der Waals surface area contributed by atoms with Crippen LogP contribution in [0.5, 0.6) is 0 Å². The van der Waals surface area contributed by atoms with Crippen molar-refractivity contribution in [3.63, 3.8) is 0 Å². The molecule has 20 heavy (non-hydrogen) atoms. The second-order valence-corrected chi connectivity index (χ2v) is 5.86. The van der Waals surface area contributed by atoms with Crippen LogP contribution in [0, 0.1) is 5.92 Å². The van der Waals surface area contributed by atoms with Gasteiger partial charge >= 0.3 is 0 Å². The number of hydrogen-bond donors (Lipinski definition) is 2. The Morgan fingerprint density at radius 3 is 2.75 bits per heavy atom. The van der Waals surface area contributed by atoms with E-state index in [9.17, 15) is 0 Å². The Bertz CT molecular complexity index is 369. The molecule has 0 saturated carbocycles. The van der Waals surface area contributed by atoms with Crippen molar-refractivity contribution in [3.8, 4) is 0 Å². The van der Waals surface area contributed by atoms with E-state index in [1.54, 1.807) is 0 Å². The summed E-state index contributed by atoms with van der Waals surface area (Å²) in [4.78, 5) is 2.51. The Morgan fingerprint density at radius 2 is 2.05 bits per heavy atom. The Morgan fingerprint density at radius 1 is 1.25 bits per heavy atom. The van der Waals surface area contributed by atoms with Crippen LogP contribution in [0.25, 0.3) is 0 Å². The van der Waals surface area contributed by atoms with Crippen LogP contribution >= 0.6 is 0 Å². The van der Waals surface area contributed by atoms with Gasteiger partial charge in [0.2, 0.25) is 0 Å². The number of anilines is 1. The zero-order valence-corrected chi connectivity index (χ0v) is 12.6. The maximum Gasteiger partial charge on any atom is 0.0443 e. The third-order valence-electron chi connectivity index (χ3n) is 4.12. The van der Waals surface area contributed by atoms with Gasteiger partial charge in [0.05, 0.1) is 0 Å². The molecule has 0 aromatic heterocycles. The van der Waals surface area contributed by atoms with Gasteiger partial charge in [0, 0.05) is 31.4 Å². The number of aliphatic hydroxyl groups excluding tert-OH is 1. The molecule has 1 fully saturated rings. The zero-order valence-electron chi connectivity index (χ0n) is 12.6. The van der Waals surface area contributed by atoms with Gasteiger partial charge in [0.25, 0.3) is 0 Å². The average molecular weight is 276 g/mol. The third kappa shape index (κ3) is 4.50. The van der Waals surface area contributed by atoms with Crippen LogP contribution < -0.4 is 10.2 Å². The van der Waals surface area contributed by atoms with Crippen molar-refractivity contribution >= 4 is 5.69 Å². The second kappa shape index (κ2) is 8.28. The summed E-state index contributed by atoms with van der Waals surface area (Å²) in [5.41, 5.74) is 1.34. The first-order chi connectivity index (χ1) is 9.83. The predicted molar refractivity (Wildman–Crippen MR) is 85.2 cm³/mol. The van der Waals surface area contributed by atoms with Crippen LogP contribution in [-0.4, -0.2) is 37.4 Å². The van der Waals surface area contributed by atoms with Gasteiger partial charge in [-0.3, -0.25) is 0 Å². The van der Waals surface area contributed by atoms with Gasteiger partial charge in [-0.05, 0) is 43.9 Å². The second-order valence-electron chi connectivity index (χ2n) is 5.86. The summed E-state index contributed by atoms with van der Waals surface area (Å²) < 4.78 is 0. The van der Waals surface area contributed by atoms with Crippen LogP contribution in [0.2, 0.25) is 0 Å². The summed E-state index contributed by atoms with van der Waals surface area (Å²) in [5, 5.41) is 12.5. The molecule has 0 spiro atoms. The van der Waals surface area contributed by atoms with Gasteiger partial charge in [-0.2, -0.15) is 0 Å². The molecule has 1 heterocycles. The van der Waals surface area contributed by atoms with Gasteiger partial charge in [-0.15, -0.1) is 0 Å². The number of nitrogens with zero attached hydrogens (tertiary/aromatic N) is 1. The first-order valence-corrected chi connectivity index (χ1v) is 7.97. The molecule has 2 rings (SSSR count). The molecule has 1 aliphatic heterocycles. The Kier molecular flexibility index (Phi) is 6.34. The number of hydrogen-bond acceptors (Lipinski definition) is 3. The van der Waals surface area contributed by atoms with Gasteiger partial charge in [0.15, 0.2) is 0 Å². The lowest BCUT2D eigenvalue weighted by Crippen LogP contribution is -2.49.